The van der Waals surface area contributed by atoms with Crippen LogP contribution in [0.15, 0.2) is 42.5 Å². The summed E-state index contributed by atoms with van der Waals surface area (Å²) in [5.41, 5.74) is 0. The molecule has 108 valence electrons. The van der Waals surface area contributed by atoms with Crippen LogP contribution in [0, 0.1) is 0 Å². The summed E-state index contributed by atoms with van der Waals surface area (Å²) in [6.45, 7) is 7.67. The minimum Gasteiger partial charge on any atom is -0.370 e. The molecule has 0 aliphatic carbocycles. The summed E-state index contributed by atoms with van der Waals surface area (Å²) in [6, 6.07) is 14.5. The van der Waals surface area contributed by atoms with Crippen LogP contribution in [-0.2, 0) is 13.3 Å². The van der Waals surface area contributed by atoms with Crippen LogP contribution in [0.2, 0.25) is 0 Å². The van der Waals surface area contributed by atoms with Gasteiger partial charge in [-0.2, -0.15) is 0 Å². The van der Waals surface area contributed by atoms with Crippen molar-refractivity contribution in [1.82, 2.24) is 0 Å². The first-order valence-electron chi connectivity index (χ1n) is 7.17. The average molecular weight is 290 g/mol. The molecule has 0 saturated heterocycles. The zero-order chi connectivity index (χ0) is 14.4. The van der Waals surface area contributed by atoms with E-state index in [1.165, 1.54) is 5.39 Å². The van der Waals surface area contributed by atoms with Gasteiger partial charge in [0.2, 0.25) is 0 Å². The molecule has 0 aromatic heterocycles. The number of hydrogen-bond donors (Lipinski definition) is 0. The van der Waals surface area contributed by atoms with Crippen molar-refractivity contribution < 1.29 is 13.3 Å². The molecule has 0 fully saturated rings. The lowest BCUT2D eigenvalue weighted by molar-refractivity contribution is 0.0862. The summed E-state index contributed by atoms with van der Waals surface area (Å²) in [7, 11) is -2.84. The van der Waals surface area contributed by atoms with Crippen LogP contribution >= 0.6 is 0 Å². The third kappa shape index (κ3) is 2.93. The quantitative estimate of drug-likeness (QED) is 0.733. The summed E-state index contributed by atoms with van der Waals surface area (Å²) in [6.07, 6.45) is 0. The number of benzene rings is 2. The minimum absolute atomic E-state index is 0.579. The molecule has 0 aliphatic rings. The smallest absolute Gasteiger partial charge is 0.370 e. The van der Waals surface area contributed by atoms with Crippen molar-refractivity contribution in [2.45, 2.75) is 20.8 Å². The van der Waals surface area contributed by atoms with E-state index in [0.717, 1.165) is 10.6 Å². The molecule has 2 rings (SSSR count). The van der Waals surface area contributed by atoms with E-state index in [0.29, 0.717) is 19.8 Å². The molecule has 0 saturated carbocycles. The van der Waals surface area contributed by atoms with Crippen LogP contribution in [0.1, 0.15) is 20.8 Å². The highest BCUT2D eigenvalue weighted by atomic mass is 28.4. The van der Waals surface area contributed by atoms with E-state index in [1.54, 1.807) is 0 Å². The molecule has 0 unspecified atom stereocenters. The van der Waals surface area contributed by atoms with Gasteiger partial charge < -0.3 is 13.3 Å². The summed E-state index contributed by atoms with van der Waals surface area (Å²) >= 11 is 0. The van der Waals surface area contributed by atoms with Gasteiger partial charge in [0, 0.05) is 25.0 Å². The molecular formula is C16H22O3Si. The second kappa shape index (κ2) is 6.99. The lowest BCUT2D eigenvalue weighted by atomic mass is 10.1. The van der Waals surface area contributed by atoms with Crippen LogP contribution in [0.5, 0.6) is 0 Å². The van der Waals surface area contributed by atoms with Gasteiger partial charge in [-0.25, -0.2) is 0 Å². The Balaban J connectivity index is 2.60. The molecule has 0 spiro atoms. The second-order valence-electron chi connectivity index (χ2n) is 4.38. The Morgan fingerprint density at radius 1 is 0.750 bits per heavy atom. The van der Waals surface area contributed by atoms with E-state index in [2.05, 4.69) is 24.3 Å². The fourth-order valence-electron chi connectivity index (χ4n) is 2.42. The van der Waals surface area contributed by atoms with Crippen LogP contribution in [0.3, 0.4) is 0 Å². The normalized spacial score (nSPS) is 11.9. The van der Waals surface area contributed by atoms with Crippen molar-refractivity contribution in [3.63, 3.8) is 0 Å². The van der Waals surface area contributed by atoms with Crippen molar-refractivity contribution in [2.75, 3.05) is 19.8 Å². The van der Waals surface area contributed by atoms with Gasteiger partial charge in [0.05, 0.1) is 0 Å². The van der Waals surface area contributed by atoms with Gasteiger partial charge in [0.1, 0.15) is 0 Å². The Labute approximate surface area is 121 Å². The molecule has 2 aromatic carbocycles. The summed E-state index contributed by atoms with van der Waals surface area (Å²) in [5, 5.41) is 3.39. The van der Waals surface area contributed by atoms with E-state index >= 15 is 0 Å². The third-order valence-electron chi connectivity index (χ3n) is 3.12. The molecular weight excluding hydrogens is 268 g/mol. The first kappa shape index (κ1) is 15.2. The highest BCUT2D eigenvalue weighted by Crippen LogP contribution is 2.18. The molecule has 0 aliphatic heterocycles. The lowest BCUT2D eigenvalue weighted by Crippen LogP contribution is -2.57. The first-order valence-corrected chi connectivity index (χ1v) is 8.90. The van der Waals surface area contributed by atoms with Crippen molar-refractivity contribution >= 4 is 24.8 Å². The Bertz CT molecular complexity index is 534. The highest BCUT2D eigenvalue weighted by Gasteiger charge is 2.44. The summed E-state index contributed by atoms with van der Waals surface area (Å²) in [5.74, 6) is 0. The monoisotopic (exact) mass is 290 g/mol. The zero-order valence-electron chi connectivity index (χ0n) is 12.4. The maximum atomic E-state index is 6.00. The van der Waals surface area contributed by atoms with Gasteiger partial charge in [-0.15, -0.1) is 0 Å². The average Bonchev–Trinajstić information content (AvgIpc) is 2.47. The van der Waals surface area contributed by atoms with Crippen molar-refractivity contribution in [1.29, 1.82) is 0 Å². The topological polar surface area (TPSA) is 27.7 Å². The minimum atomic E-state index is -2.84. The predicted molar refractivity (Wildman–Crippen MR) is 84.2 cm³/mol. The Hall–Kier alpha value is -1.20. The maximum Gasteiger partial charge on any atom is 0.537 e. The van der Waals surface area contributed by atoms with E-state index in [9.17, 15) is 0 Å². The van der Waals surface area contributed by atoms with E-state index in [-0.39, 0.29) is 0 Å². The molecule has 0 N–H and O–H groups in total. The SMILES string of the molecule is CCO[Si](OCC)(OCC)c1cccc2ccccc12. The fraction of sp³-hybridized carbons (Fsp3) is 0.375. The fourth-order valence-corrected chi connectivity index (χ4v) is 5.14. The van der Waals surface area contributed by atoms with E-state index in [4.69, 9.17) is 13.3 Å². The van der Waals surface area contributed by atoms with Gasteiger partial charge >= 0.3 is 8.80 Å². The van der Waals surface area contributed by atoms with Crippen molar-refractivity contribution in [3.05, 3.63) is 42.5 Å². The molecule has 3 nitrogen and oxygen atoms in total. The number of hydrogen-bond acceptors (Lipinski definition) is 3. The molecule has 0 bridgehead atoms. The van der Waals surface area contributed by atoms with E-state index < -0.39 is 8.80 Å². The number of rotatable bonds is 7. The summed E-state index contributed by atoms with van der Waals surface area (Å²) in [4.78, 5) is 0. The Morgan fingerprint density at radius 3 is 1.90 bits per heavy atom. The molecule has 0 amide bonds. The standard InChI is InChI=1S/C16H22O3Si/c1-4-17-20(18-5-2,19-6-3)16-13-9-11-14-10-7-8-12-15(14)16/h7-13H,4-6H2,1-3H3. The zero-order valence-corrected chi connectivity index (χ0v) is 13.4. The van der Waals surface area contributed by atoms with Gasteiger partial charge in [-0.1, -0.05) is 42.5 Å². The van der Waals surface area contributed by atoms with Crippen LogP contribution in [-0.4, -0.2) is 28.6 Å². The Morgan fingerprint density at radius 2 is 1.30 bits per heavy atom. The Kier molecular flexibility index (Phi) is 5.31. The first-order chi connectivity index (χ1) is 9.77. The predicted octanol–water partition coefficient (Wildman–Crippen LogP) is 3.10. The largest absolute Gasteiger partial charge is 0.537 e. The maximum absolute atomic E-state index is 6.00. The van der Waals surface area contributed by atoms with Crippen molar-refractivity contribution in [3.8, 4) is 0 Å². The molecule has 2 aromatic rings. The van der Waals surface area contributed by atoms with Crippen molar-refractivity contribution in [2.24, 2.45) is 0 Å². The van der Waals surface area contributed by atoms with Gasteiger partial charge in [0.15, 0.2) is 0 Å². The van der Waals surface area contributed by atoms with Crippen LogP contribution < -0.4 is 5.19 Å². The molecule has 0 heterocycles. The molecule has 0 atom stereocenters. The lowest BCUT2D eigenvalue weighted by Gasteiger charge is -2.29. The van der Waals surface area contributed by atoms with Gasteiger partial charge in [-0.3, -0.25) is 0 Å². The molecule has 0 radical (unpaired) electrons. The van der Waals surface area contributed by atoms with Crippen LogP contribution in [0.4, 0.5) is 0 Å². The van der Waals surface area contributed by atoms with Gasteiger partial charge in [0.25, 0.3) is 0 Å². The third-order valence-corrected chi connectivity index (χ3v) is 6.22. The molecule has 4 heteroatoms. The number of fused-ring (bicyclic) bond motifs is 1. The van der Waals surface area contributed by atoms with Gasteiger partial charge in [-0.05, 0) is 31.5 Å². The van der Waals surface area contributed by atoms with Crippen LogP contribution in [0.25, 0.3) is 10.8 Å². The molecule has 20 heavy (non-hydrogen) atoms. The second-order valence-corrected chi connectivity index (χ2v) is 6.90. The van der Waals surface area contributed by atoms with E-state index in [1.807, 2.05) is 39.0 Å². The highest BCUT2D eigenvalue weighted by molar-refractivity contribution is 6.77. The summed E-state index contributed by atoms with van der Waals surface area (Å²) < 4.78 is 18.0.